The van der Waals surface area contributed by atoms with Crippen LogP contribution < -0.4 is 0 Å². The molecule has 2 rings (SSSR count). The van der Waals surface area contributed by atoms with E-state index in [1.165, 1.54) is 0 Å². The Kier molecular flexibility index (Phi) is 4.88. The van der Waals surface area contributed by atoms with Crippen LogP contribution in [0.2, 0.25) is 5.02 Å². The van der Waals surface area contributed by atoms with Crippen LogP contribution in [0.25, 0.3) is 0 Å². The summed E-state index contributed by atoms with van der Waals surface area (Å²) in [6.07, 6.45) is 1.76. The Hall–Kier alpha value is -1.71. The smallest absolute Gasteiger partial charge is 0.179 e. The molecule has 3 nitrogen and oxygen atoms in total. The minimum atomic E-state index is -0.226. The summed E-state index contributed by atoms with van der Waals surface area (Å²) in [7, 11) is 1.92. The van der Waals surface area contributed by atoms with Crippen molar-refractivity contribution in [3.63, 3.8) is 0 Å². The van der Waals surface area contributed by atoms with Gasteiger partial charge in [0, 0.05) is 23.3 Å². The maximum atomic E-state index is 12.4. The largest absolute Gasteiger partial charge is 0.292 e. The third-order valence-corrected chi connectivity index (χ3v) is 3.52. The quantitative estimate of drug-likeness (QED) is 0.790. The van der Waals surface area contributed by atoms with Crippen LogP contribution in [0.4, 0.5) is 0 Å². The molecule has 2 aromatic rings. The topological polar surface area (TPSA) is 33.2 Å². The van der Waals surface area contributed by atoms with E-state index in [1.807, 2.05) is 37.1 Å². The molecule has 0 amide bonds. The van der Waals surface area contributed by atoms with Gasteiger partial charge in [0.15, 0.2) is 5.78 Å². The van der Waals surface area contributed by atoms with Crippen molar-refractivity contribution in [2.24, 2.45) is 0 Å². The second-order valence-corrected chi connectivity index (χ2v) is 5.22. The molecule has 1 aromatic carbocycles. The average molecular weight is 289 g/mol. The summed E-state index contributed by atoms with van der Waals surface area (Å²) in [6, 6.07) is 12.6. The lowest BCUT2D eigenvalue weighted by atomic mass is 10.0. The van der Waals surface area contributed by atoms with Gasteiger partial charge in [0.25, 0.3) is 0 Å². The van der Waals surface area contributed by atoms with Crippen LogP contribution in [-0.4, -0.2) is 28.8 Å². The van der Waals surface area contributed by atoms with E-state index in [1.54, 1.807) is 30.5 Å². The van der Waals surface area contributed by atoms with E-state index in [-0.39, 0.29) is 11.8 Å². The van der Waals surface area contributed by atoms with Gasteiger partial charge >= 0.3 is 0 Å². The predicted molar refractivity (Wildman–Crippen MR) is 80.9 cm³/mol. The van der Waals surface area contributed by atoms with Gasteiger partial charge in [-0.1, -0.05) is 29.8 Å². The van der Waals surface area contributed by atoms with Crippen LogP contribution in [0, 0.1) is 0 Å². The van der Waals surface area contributed by atoms with Crippen molar-refractivity contribution in [1.29, 1.82) is 0 Å². The molecule has 1 heterocycles. The zero-order valence-corrected chi connectivity index (χ0v) is 12.3. The SMILES string of the molecule is CC(C(=O)c1cccc(Cl)c1)N(C)Cc1ccccn1. The number of nitrogens with zero attached hydrogens (tertiary/aromatic N) is 2. The molecule has 0 spiro atoms. The summed E-state index contributed by atoms with van der Waals surface area (Å²) in [5.74, 6) is 0.0610. The standard InChI is InChI=1S/C16H17ClN2O/c1-12(16(20)13-6-5-7-14(17)10-13)19(2)11-15-8-3-4-9-18-15/h3-10,12H,11H2,1-2H3. The Morgan fingerprint density at radius 3 is 2.75 bits per heavy atom. The summed E-state index contributed by atoms with van der Waals surface area (Å²) in [5, 5.41) is 0.579. The van der Waals surface area contributed by atoms with Gasteiger partial charge < -0.3 is 0 Å². The Balaban J connectivity index is 2.06. The molecule has 0 aliphatic carbocycles. The lowest BCUT2D eigenvalue weighted by Crippen LogP contribution is -2.35. The van der Waals surface area contributed by atoms with Crippen LogP contribution >= 0.6 is 11.6 Å². The fourth-order valence-electron chi connectivity index (χ4n) is 1.97. The van der Waals surface area contributed by atoms with E-state index in [4.69, 9.17) is 11.6 Å². The maximum absolute atomic E-state index is 12.4. The van der Waals surface area contributed by atoms with E-state index in [9.17, 15) is 4.79 Å². The number of hydrogen-bond acceptors (Lipinski definition) is 3. The highest BCUT2D eigenvalue weighted by Gasteiger charge is 2.20. The van der Waals surface area contributed by atoms with Gasteiger partial charge in [-0.15, -0.1) is 0 Å². The minimum absolute atomic E-state index is 0.0610. The number of carbonyl (C=O) groups excluding carboxylic acids is 1. The van der Waals surface area contributed by atoms with Crippen LogP contribution in [0.3, 0.4) is 0 Å². The summed E-state index contributed by atoms with van der Waals surface area (Å²) < 4.78 is 0. The molecule has 20 heavy (non-hydrogen) atoms. The van der Waals surface area contributed by atoms with E-state index in [0.717, 1.165) is 5.69 Å². The Labute approximate surface area is 124 Å². The molecule has 1 unspecified atom stereocenters. The monoisotopic (exact) mass is 288 g/mol. The second-order valence-electron chi connectivity index (χ2n) is 4.79. The van der Waals surface area contributed by atoms with Gasteiger partial charge in [-0.05, 0) is 38.2 Å². The second kappa shape index (κ2) is 6.64. The molecular weight excluding hydrogens is 272 g/mol. The van der Waals surface area contributed by atoms with Crippen molar-refractivity contribution in [2.45, 2.75) is 19.5 Å². The number of aromatic nitrogens is 1. The highest BCUT2D eigenvalue weighted by atomic mass is 35.5. The molecule has 104 valence electrons. The molecule has 1 aromatic heterocycles. The number of ketones is 1. The molecule has 4 heteroatoms. The Bertz CT molecular complexity index is 586. The maximum Gasteiger partial charge on any atom is 0.179 e. The molecular formula is C16H17ClN2O. The zero-order chi connectivity index (χ0) is 14.5. The third kappa shape index (κ3) is 3.65. The molecule has 0 aliphatic rings. The minimum Gasteiger partial charge on any atom is -0.292 e. The van der Waals surface area contributed by atoms with Gasteiger partial charge in [-0.2, -0.15) is 0 Å². The van der Waals surface area contributed by atoms with Crippen molar-refractivity contribution in [2.75, 3.05) is 7.05 Å². The molecule has 0 saturated heterocycles. The van der Waals surface area contributed by atoms with Gasteiger partial charge in [0.1, 0.15) is 0 Å². The number of Topliss-reactive ketones (excluding diaryl/α,β-unsaturated/α-hetero) is 1. The molecule has 0 N–H and O–H groups in total. The first-order chi connectivity index (χ1) is 9.58. The number of benzene rings is 1. The molecule has 0 bridgehead atoms. The van der Waals surface area contributed by atoms with Crippen LogP contribution in [0.5, 0.6) is 0 Å². The van der Waals surface area contributed by atoms with Crippen molar-refractivity contribution in [1.82, 2.24) is 9.88 Å². The first-order valence-corrected chi connectivity index (χ1v) is 6.85. The predicted octanol–water partition coefficient (Wildman–Crippen LogP) is 3.44. The Morgan fingerprint density at radius 2 is 2.10 bits per heavy atom. The van der Waals surface area contributed by atoms with Crippen LogP contribution in [0.15, 0.2) is 48.7 Å². The molecule has 0 fully saturated rings. The lowest BCUT2D eigenvalue weighted by molar-refractivity contribution is 0.0861. The van der Waals surface area contributed by atoms with E-state index in [2.05, 4.69) is 4.98 Å². The number of pyridine rings is 1. The highest BCUT2D eigenvalue weighted by Crippen LogP contribution is 2.15. The first-order valence-electron chi connectivity index (χ1n) is 6.48. The van der Waals surface area contributed by atoms with E-state index >= 15 is 0 Å². The first kappa shape index (κ1) is 14.7. The fraction of sp³-hybridized carbons (Fsp3) is 0.250. The van der Waals surface area contributed by atoms with Gasteiger partial charge in [0.05, 0.1) is 11.7 Å². The fourth-order valence-corrected chi connectivity index (χ4v) is 2.16. The van der Waals surface area contributed by atoms with Crippen molar-refractivity contribution in [3.05, 3.63) is 64.9 Å². The molecule has 1 atom stereocenters. The highest BCUT2D eigenvalue weighted by molar-refractivity contribution is 6.31. The summed E-state index contributed by atoms with van der Waals surface area (Å²) in [4.78, 5) is 18.7. The van der Waals surface area contributed by atoms with E-state index < -0.39 is 0 Å². The molecule has 0 aliphatic heterocycles. The number of likely N-dealkylation sites (N-methyl/N-ethyl adjacent to an activating group) is 1. The van der Waals surface area contributed by atoms with Crippen molar-refractivity contribution < 1.29 is 4.79 Å². The number of rotatable bonds is 5. The Morgan fingerprint density at radius 1 is 1.30 bits per heavy atom. The summed E-state index contributed by atoms with van der Waals surface area (Å²) in [5.41, 5.74) is 1.58. The number of hydrogen-bond donors (Lipinski definition) is 0. The van der Waals surface area contributed by atoms with Crippen LogP contribution in [0.1, 0.15) is 23.0 Å². The number of halogens is 1. The van der Waals surface area contributed by atoms with Crippen molar-refractivity contribution in [3.8, 4) is 0 Å². The van der Waals surface area contributed by atoms with Gasteiger partial charge in [0.2, 0.25) is 0 Å². The molecule has 0 radical (unpaired) electrons. The number of carbonyl (C=O) groups is 1. The van der Waals surface area contributed by atoms with E-state index in [0.29, 0.717) is 17.1 Å². The van der Waals surface area contributed by atoms with Gasteiger partial charge in [-0.25, -0.2) is 0 Å². The summed E-state index contributed by atoms with van der Waals surface area (Å²) in [6.45, 7) is 2.53. The van der Waals surface area contributed by atoms with Crippen molar-refractivity contribution >= 4 is 17.4 Å². The lowest BCUT2D eigenvalue weighted by Gasteiger charge is -2.23. The van der Waals surface area contributed by atoms with Crippen LogP contribution in [-0.2, 0) is 6.54 Å². The third-order valence-electron chi connectivity index (χ3n) is 3.29. The van der Waals surface area contributed by atoms with Gasteiger partial charge in [-0.3, -0.25) is 14.7 Å². The molecule has 0 saturated carbocycles. The average Bonchev–Trinajstić information content (AvgIpc) is 2.46. The summed E-state index contributed by atoms with van der Waals surface area (Å²) >= 11 is 5.93. The zero-order valence-electron chi connectivity index (χ0n) is 11.6. The normalized spacial score (nSPS) is 12.4.